The quantitative estimate of drug-likeness (QED) is 0.679. The van der Waals surface area contributed by atoms with Gasteiger partial charge in [-0.25, -0.2) is 0 Å². The Bertz CT molecular complexity index is 240. The highest BCUT2D eigenvalue weighted by Crippen LogP contribution is 2.53. The highest BCUT2D eigenvalue weighted by atomic mass is 28.3. The Hall–Kier alpha value is 0.137. The fraction of sp³-hybridized carbons (Fsp3) is 1.00. The third kappa shape index (κ3) is 2.94. The Morgan fingerprint density at radius 3 is 2.24 bits per heavy atom. The van der Waals surface area contributed by atoms with E-state index in [-0.39, 0.29) is 0 Å². The molecule has 0 saturated heterocycles. The van der Waals surface area contributed by atoms with Crippen LogP contribution in [0.2, 0.25) is 6.04 Å². The Morgan fingerprint density at radius 2 is 1.82 bits per heavy atom. The lowest BCUT2D eigenvalue weighted by Crippen LogP contribution is -2.31. The number of rotatable bonds is 6. The van der Waals surface area contributed by atoms with Crippen LogP contribution in [0.15, 0.2) is 0 Å². The molecular weight excluding hydrogens is 228 g/mol. The second-order valence-corrected chi connectivity index (χ2v) is 8.66. The predicted octanol–water partition coefficient (Wildman–Crippen LogP) is 3.21. The summed E-state index contributed by atoms with van der Waals surface area (Å²) in [5, 5.41) is 0. The number of hydrogen-bond donors (Lipinski definition) is 0. The van der Waals surface area contributed by atoms with Gasteiger partial charge in [0.05, 0.1) is 0 Å². The molecule has 4 atom stereocenters. The molecule has 100 valence electrons. The van der Waals surface area contributed by atoms with Crippen molar-refractivity contribution < 1.29 is 8.85 Å². The second kappa shape index (κ2) is 5.85. The molecular formula is C14H28O2Si. The van der Waals surface area contributed by atoms with Crippen molar-refractivity contribution in [2.75, 3.05) is 14.2 Å². The molecule has 2 rings (SSSR count). The first-order chi connectivity index (χ1) is 8.15. The molecule has 2 aliphatic rings. The summed E-state index contributed by atoms with van der Waals surface area (Å²) in [6.45, 7) is 4.76. The van der Waals surface area contributed by atoms with Crippen molar-refractivity contribution in [2.24, 2.45) is 29.6 Å². The Balaban J connectivity index is 1.97. The summed E-state index contributed by atoms with van der Waals surface area (Å²) in [5.41, 5.74) is 0. The van der Waals surface area contributed by atoms with Crippen LogP contribution in [-0.4, -0.2) is 23.5 Å². The van der Waals surface area contributed by atoms with Crippen molar-refractivity contribution in [1.29, 1.82) is 0 Å². The van der Waals surface area contributed by atoms with Crippen LogP contribution in [0.4, 0.5) is 0 Å². The molecule has 2 bridgehead atoms. The summed E-state index contributed by atoms with van der Waals surface area (Å²) in [5.74, 6) is 4.66. The van der Waals surface area contributed by atoms with Gasteiger partial charge in [0.25, 0.3) is 0 Å². The SMILES string of the molecule is CO[SiH](CC(C(C)C)C1CC2CCC1C2)OC. The van der Waals surface area contributed by atoms with Crippen LogP contribution in [0.1, 0.15) is 39.5 Å². The van der Waals surface area contributed by atoms with Crippen LogP contribution in [-0.2, 0) is 8.85 Å². The smallest absolute Gasteiger partial charge is 0.321 e. The molecule has 0 amide bonds. The zero-order valence-corrected chi connectivity index (χ0v) is 13.0. The molecule has 0 N–H and O–H groups in total. The topological polar surface area (TPSA) is 18.5 Å². The summed E-state index contributed by atoms with van der Waals surface area (Å²) in [4.78, 5) is 0. The van der Waals surface area contributed by atoms with Crippen molar-refractivity contribution in [3.05, 3.63) is 0 Å². The highest BCUT2D eigenvalue weighted by Gasteiger charge is 2.44. The van der Waals surface area contributed by atoms with Gasteiger partial charge < -0.3 is 8.85 Å². The van der Waals surface area contributed by atoms with Gasteiger partial charge in [0, 0.05) is 14.2 Å². The summed E-state index contributed by atoms with van der Waals surface area (Å²) >= 11 is 0. The van der Waals surface area contributed by atoms with Crippen LogP contribution in [0.25, 0.3) is 0 Å². The molecule has 0 aromatic heterocycles. The van der Waals surface area contributed by atoms with Crippen LogP contribution >= 0.6 is 0 Å². The standard InChI is InChI=1S/C14H28O2Si/c1-10(2)14(9-17(15-3)16-4)13-8-11-5-6-12(13)7-11/h10-14,17H,5-9H2,1-4H3. The van der Waals surface area contributed by atoms with Crippen LogP contribution in [0.3, 0.4) is 0 Å². The number of fused-ring (bicyclic) bond motifs is 2. The van der Waals surface area contributed by atoms with E-state index in [9.17, 15) is 0 Å². The zero-order valence-electron chi connectivity index (χ0n) is 11.8. The lowest BCUT2D eigenvalue weighted by Gasteiger charge is -2.34. The molecule has 0 aliphatic heterocycles. The third-order valence-electron chi connectivity index (χ3n) is 5.19. The molecule has 2 fully saturated rings. The van der Waals surface area contributed by atoms with E-state index in [1.54, 1.807) is 0 Å². The minimum absolute atomic E-state index is 0.777. The lowest BCUT2D eigenvalue weighted by atomic mass is 9.75. The molecule has 0 spiro atoms. The van der Waals surface area contributed by atoms with E-state index in [4.69, 9.17) is 8.85 Å². The van der Waals surface area contributed by atoms with Gasteiger partial charge in [-0.3, -0.25) is 0 Å². The minimum atomic E-state index is -1.39. The average molecular weight is 256 g/mol. The molecule has 2 saturated carbocycles. The normalized spacial score (nSPS) is 33.9. The van der Waals surface area contributed by atoms with Gasteiger partial charge in [0.2, 0.25) is 0 Å². The Morgan fingerprint density at radius 1 is 1.12 bits per heavy atom. The van der Waals surface area contributed by atoms with E-state index in [0.29, 0.717) is 0 Å². The van der Waals surface area contributed by atoms with Gasteiger partial charge in [0.1, 0.15) is 0 Å². The van der Waals surface area contributed by atoms with E-state index in [0.717, 1.165) is 29.6 Å². The molecule has 2 aliphatic carbocycles. The molecule has 3 heteroatoms. The van der Waals surface area contributed by atoms with Crippen molar-refractivity contribution in [3.8, 4) is 0 Å². The molecule has 0 heterocycles. The fourth-order valence-electron chi connectivity index (χ4n) is 4.27. The van der Waals surface area contributed by atoms with Gasteiger partial charge in [-0.1, -0.05) is 20.3 Å². The van der Waals surface area contributed by atoms with Gasteiger partial charge in [0.15, 0.2) is 0 Å². The summed E-state index contributed by atoms with van der Waals surface area (Å²) in [6, 6.07) is 1.21. The maximum atomic E-state index is 5.54. The predicted molar refractivity (Wildman–Crippen MR) is 73.2 cm³/mol. The Kier molecular flexibility index (Phi) is 4.67. The first-order valence-electron chi connectivity index (χ1n) is 7.21. The van der Waals surface area contributed by atoms with E-state index in [1.807, 2.05) is 14.2 Å². The molecule has 17 heavy (non-hydrogen) atoms. The zero-order chi connectivity index (χ0) is 12.4. The van der Waals surface area contributed by atoms with Crippen molar-refractivity contribution in [1.82, 2.24) is 0 Å². The average Bonchev–Trinajstić information content (AvgIpc) is 2.92. The third-order valence-corrected chi connectivity index (χ3v) is 7.17. The van der Waals surface area contributed by atoms with Crippen molar-refractivity contribution >= 4 is 9.28 Å². The van der Waals surface area contributed by atoms with E-state index in [2.05, 4.69) is 13.8 Å². The largest absolute Gasteiger partial charge is 0.400 e. The minimum Gasteiger partial charge on any atom is -0.400 e. The van der Waals surface area contributed by atoms with Gasteiger partial charge >= 0.3 is 9.28 Å². The number of hydrogen-bond acceptors (Lipinski definition) is 2. The van der Waals surface area contributed by atoms with E-state index in [1.165, 1.54) is 31.7 Å². The first kappa shape index (κ1) is 13.6. The van der Waals surface area contributed by atoms with Crippen LogP contribution in [0.5, 0.6) is 0 Å². The van der Waals surface area contributed by atoms with Gasteiger partial charge in [-0.2, -0.15) is 0 Å². The second-order valence-electron chi connectivity index (χ2n) is 6.38. The fourth-order valence-corrected chi connectivity index (χ4v) is 6.19. The molecule has 4 unspecified atom stereocenters. The molecule has 2 nitrogen and oxygen atoms in total. The van der Waals surface area contributed by atoms with Gasteiger partial charge in [-0.15, -0.1) is 0 Å². The Labute approximate surface area is 108 Å². The summed E-state index contributed by atoms with van der Waals surface area (Å²) in [6.07, 6.45) is 5.99. The van der Waals surface area contributed by atoms with Crippen LogP contribution < -0.4 is 0 Å². The monoisotopic (exact) mass is 256 g/mol. The van der Waals surface area contributed by atoms with Crippen molar-refractivity contribution in [2.45, 2.75) is 45.6 Å². The summed E-state index contributed by atoms with van der Waals surface area (Å²) in [7, 11) is 2.25. The maximum absolute atomic E-state index is 5.54. The van der Waals surface area contributed by atoms with E-state index >= 15 is 0 Å². The molecule has 0 radical (unpaired) electrons. The van der Waals surface area contributed by atoms with Crippen molar-refractivity contribution in [3.63, 3.8) is 0 Å². The molecule has 0 aromatic rings. The summed E-state index contributed by atoms with van der Waals surface area (Å²) < 4.78 is 11.1. The maximum Gasteiger partial charge on any atom is 0.321 e. The lowest BCUT2D eigenvalue weighted by molar-refractivity contribution is 0.176. The first-order valence-corrected chi connectivity index (χ1v) is 8.97. The van der Waals surface area contributed by atoms with E-state index < -0.39 is 9.28 Å². The highest BCUT2D eigenvalue weighted by molar-refractivity contribution is 6.44. The van der Waals surface area contributed by atoms with Crippen LogP contribution in [0, 0.1) is 29.6 Å². The van der Waals surface area contributed by atoms with Gasteiger partial charge in [-0.05, 0) is 54.9 Å². The molecule has 0 aromatic carbocycles.